The van der Waals surface area contributed by atoms with Crippen molar-refractivity contribution in [3.63, 3.8) is 0 Å². The maximum Gasteiger partial charge on any atom is 0.251 e. The molecule has 6 nitrogen and oxygen atoms in total. The number of hydrogen-bond acceptors (Lipinski definition) is 3. The van der Waals surface area contributed by atoms with Crippen LogP contribution in [0.15, 0.2) is 47.4 Å². The normalized spacial score (nSPS) is 10.1. The first-order valence-corrected chi connectivity index (χ1v) is 6.80. The third-order valence-electron chi connectivity index (χ3n) is 3.29. The molecule has 0 aliphatic carbocycles. The van der Waals surface area contributed by atoms with E-state index in [1.807, 2.05) is 0 Å². The lowest BCUT2D eigenvalue weighted by molar-refractivity contribution is -0.116. The SMILES string of the molecule is CNC(=O)c1cccc(NC(=O)Cn2ccccc2=O)c1C. The molecular formula is C16H17N3O3. The number of aromatic nitrogens is 1. The van der Waals surface area contributed by atoms with Crippen molar-refractivity contribution in [1.29, 1.82) is 0 Å². The van der Waals surface area contributed by atoms with Gasteiger partial charge in [0.05, 0.1) is 0 Å². The minimum Gasteiger partial charge on any atom is -0.355 e. The van der Waals surface area contributed by atoms with Crippen molar-refractivity contribution >= 4 is 17.5 Å². The summed E-state index contributed by atoms with van der Waals surface area (Å²) < 4.78 is 1.31. The van der Waals surface area contributed by atoms with Gasteiger partial charge in [-0.2, -0.15) is 0 Å². The van der Waals surface area contributed by atoms with Gasteiger partial charge in [0.1, 0.15) is 6.54 Å². The average molecular weight is 299 g/mol. The number of benzene rings is 1. The van der Waals surface area contributed by atoms with Crippen LogP contribution in [0.4, 0.5) is 5.69 Å². The summed E-state index contributed by atoms with van der Waals surface area (Å²) >= 11 is 0. The predicted octanol–water partition coefficient (Wildman–Crippen LogP) is 1.16. The van der Waals surface area contributed by atoms with Crippen molar-refractivity contribution in [2.45, 2.75) is 13.5 Å². The number of hydrogen-bond donors (Lipinski definition) is 2. The zero-order valence-electron chi connectivity index (χ0n) is 12.4. The second kappa shape index (κ2) is 6.71. The molecule has 0 saturated heterocycles. The highest BCUT2D eigenvalue weighted by Crippen LogP contribution is 2.18. The number of pyridine rings is 1. The monoisotopic (exact) mass is 299 g/mol. The standard InChI is InChI=1S/C16H17N3O3/c1-11-12(16(22)17-2)6-5-7-13(11)18-14(20)10-19-9-4-3-8-15(19)21/h3-9H,10H2,1-2H3,(H,17,22)(H,18,20). The van der Waals surface area contributed by atoms with E-state index >= 15 is 0 Å². The number of carbonyl (C=O) groups is 2. The Balaban J connectivity index is 2.17. The molecule has 2 amide bonds. The van der Waals surface area contributed by atoms with Crippen molar-refractivity contribution in [2.75, 3.05) is 12.4 Å². The maximum atomic E-state index is 12.1. The van der Waals surface area contributed by atoms with E-state index in [4.69, 9.17) is 0 Å². The fraction of sp³-hybridized carbons (Fsp3) is 0.188. The molecule has 114 valence electrons. The van der Waals surface area contributed by atoms with Crippen LogP contribution >= 0.6 is 0 Å². The van der Waals surface area contributed by atoms with Gasteiger partial charge in [-0.25, -0.2) is 0 Å². The molecule has 1 aromatic carbocycles. The Morgan fingerprint density at radius 3 is 2.59 bits per heavy atom. The molecule has 0 aliphatic heterocycles. The van der Waals surface area contributed by atoms with E-state index in [1.165, 1.54) is 10.6 Å². The Morgan fingerprint density at radius 1 is 1.14 bits per heavy atom. The van der Waals surface area contributed by atoms with Gasteiger partial charge in [0, 0.05) is 30.6 Å². The lowest BCUT2D eigenvalue weighted by Gasteiger charge is -2.12. The fourth-order valence-corrected chi connectivity index (χ4v) is 2.09. The lowest BCUT2D eigenvalue weighted by Crippen LogP contribution is -2.27. The molecule has 0 radical (unpaired) electrons. The van der Waals surface area contributed by atoms with E-state index in [0.29, 0.717) is 16.8 Å². The van der Waals surface area contributed by atoms with Gasteiger partial charge >= 0.3 is 0 Å². The maximum absolute atomic E-state index is 12.1. The van der Waals surface area contributed by atoms with Crippen LogP contribution in [-0.2, 0) is 11.3 Å². The first-order valence-electron chi connectivity index (χ1n) is 6.80. The molecule has 0 atom stereocenters. The molecule has 0 fully saturated rings. The van der Waals surface area contributed by atoms with E-state index in [-0.39, 0.29) is 23.9 Å². The Labute approximate surface area is 127 Å². The van der Waals surface area contributed by atoms with Crippen LogP contribution in [0, 0.1) is 6.92 Å². The highest BCUT2D eigenvalue weighted by molar-refractivity contribution is 5.99. The minimum atomic E-state index is -0.328. The molecule has 2 aromatic rings. The Bertz CT molecular complexity index is 765. The molecule has 0 unspecified atom stereocenters. The van der Waals surface area contributed by atoms with Crippen molar-refractivity contribution in [2.24, 2.45) is 0 Å². The highest BCUT2D eigenvalue weighted by Gasteiger charge is 2.12. The average Bonchev–Trinajstić information content (AvgIpc) is 2.51. The molecule has 0 aliphatic rings. The molecular weight excluding hydrogens is 282 g/mol. The predicted molar refractivity (Wildman–Crippen MR) is 83.9 cm³/mol. The van der Waals surface area contributed by atoms with E-state index in [0.717, 1.165) is 0 Å². The fourth-order valence-electron chi connectivity index (χ4n) is 2.09. The molecule has 2 N–H and O–H groups in total. The van der Waals surface area contributed by atoms with Crippen LogP contribution in [0.25, 0.3) is 0 Å². The van der Waals surface area contributed by atoms with Gasteiger partial charge in [0.2, 0.25) is 5.91 Å². The zero-order valence-corrected chi connectivity index (χ0v) is 12.4. The van der Waals surface area contributed by atoms with Crippen molar-refractivity contribution in [3.05, 3.63) is 64.1 Å². The van der Waals surface area contributed by atoms with Crippen LogP contribution in [-0.4, -0.2) is 23.4 Å². The molecule has 6 heteroatoms. The number of nitrogens with one attached hydrogen (secondary N) is 2. The number of rotatable bonds is 4. The molecule has 0 saturated carbocycles. The van der Waals surface area contributed by atoms with Crippen LogP contribution in [0.3, 0.4) is 0 Å². The summed E-state index contributed by atoms with van der Waals surface area (Å²) in [4.78, 5) is 35.4. The quantitative estimate of drug-likeness (QED) is 0.889. The molecule has 0 spiro atoms. The first-order chi connectivity index (χ1) is 10.5. The van der Waals surface area contributed by atoms with Gasteiger partial charge in [-0.15, -0.1) is 0 Å². The highest BCUT2D eigenvalue weighted by atomic mass is 16.2. The third-order valence-corrected chi connectivity index (χ3v) is 3.29. The summed E-state index contributed by atoms with van der Waals surface area (Å²) in [5.41, 5.74) is 1.48. The smallest absolute Gasteiger partial charge is 0.251 e. The summed E-state index contributed by atoms with van der Waals surface area (Å²) in [7, 11) is 1.55. The van der Waals surface area contributed by atoms with E-state index in [9.17, 15) is 14.4 Å². The van der Waals surface area contributed by atoms with Crippen LogP contribution in [0.1, 0.15) is 15.9 Å². The third kappa shape index (κ3) is 3.41. The van der Waals surface area contributed by atoms with E-state index in [1.54, 1.807) is 50.5 Å². The lowest BCUT2D eigenvalue weighted by atomic mass is 10.1. The van der Waals surface area contributed by atoms with E-state index in [2.05, 4.69) is 10.6 Å². The summed E-state index contributed by atoms with van der Waals surface area (Å²) in [6.07, 6.45) is 1.55. The first kappa shape index (κ1) is 15.5. The summed E-state index contributed by atoms with van der Waals surface area (Å²) in [6.45, 7) is 1.68. The number of anilines is 1. The molecule has 1 heterocycles. The Hall–Kier alpha value is -2.89. The van der Waals surface area contributed by atoms with Crippen LogP contribution in [0.5, 0.6) is 0 Å². The number of carbonyl (C=O) groups excluding carboxylic acids is 2. The van der Waals surface area contributed by atoms with E-state index < -0.39 is 0 Å². The number of nitrogens with zero attached hydrogens (tertiary/aromatic N) is 1. The Kier molecular flexibility index (Phi) is 4.73. The van der Waals surface area contributed by atoms with Crippen LogP contribution < -0.4 is 16.2 Å². The van der Waals surface area contributed by atoms with Crippen LogP contribution in [0.2, 0.25) is 0 Å². The van der Waals surface area contributed by atoms with Crippen molar-refractivity contribution in [1.82, 2.24) is 9.88 Å². The zero-order chi connectivity index (χ0) is 16.1. The van der Waals surface area contributed by atoms with Gasteiger partial charge in [0.25, 0.3) is 11.5 Å². The topological polar surface area (TPSA) is 80.2 Å². The molecule has 22 heavy (non-hydrogen) atoms. The minimum absolute atomic E-state index is 0.0800. The summed E-state index contributed by atoms with van der Waals surface area (Å²) in [5, 5.41) is 5.28. The van der Waals surface area contributed by atoms with Crippen molar-refractivity contribution in [3.8, 4) is 0 Å². The van der Waals surface area contributed by atoms with Gasteiger partial charge in [-0.3, -0.25) is 14.4 Å². The second-order valence-corrected chi connectivity index (χ2v) is 4.77. The number of amides is 2. The molecule has 1 aromatic heterocycles. The second-order valence-electron chi connectivity index (χ2n) is 4.77. The van der Waals surface area contributed by atoms with Gasteiger partial charge in [-0.1, -0.05) is 12.1 Å². The largest absolute Gasteiger partial charge is 0.355 e. The molecule has 2 rings (SSSR count). The molecule has 0 bridgehead atoms. The van der Waals surface area contributed by atoms with Crippen molar-refractivity contribution < 1.29 is 9.59 Å². The Morgan fingerprint density at radius 2 is 1.91 bits per heavy atom. The van der Waals surface area contributed by atoms with Gasteiger partial charge in [0.15, 0.2) is 0 Å². The van der Waals surface area contributed by atoms with Gasteiger partial charge in [-0.05, 0) is 30.7 Å². The summed E-state index contributed by atoms with van der Waals surface area (Å²) in [6, 6.07) is 9.80. The summed E-state index contributed by atoms with van der Waals surface area (Å²) in [5.74, 6) is -0.543. The van der Waals surface area contributed by atoms with Gasteiger partial charge < -0.3 is 15.2 Å².